The highest BCUT2D eigenvalue weighted by molar-refractivity contribution is 7.95. The lowest BCUT2D eigenvalue weighted by Crippen LogP contribution is -2.19. The first-order valence-electron chi connectivity index (χ1n) is 5.35. The third-order valence-corrected chi connectivity index (χ3v) is 4.65. The Morgan fingerprint density at radius 3 is 2.04 bits per heavy atom. The first kappa shape index (κ1) is 15.2. The zero-order chi connectivity index (χ0) is 17.2. The van der Waals surface area contributed by atoms with Crippen LogP contribution in [0.1, 0.15) is 0 Å². The van der Waals surface area contributed by atoms with Crippen molar-refractivity contribution in [3.8, 4) is 28.7 Å². The maximum absolute atomic E-state index is 11.7. The standard InChI is InChI=1S/C9H4O12S2/c10-2-1-3-4(6(12)5(2)11)7-8(9(13)18-3)20-23(16,17)21-22(14,15)19-7/h1,10-12H. The van der Waals surface area contributed by atoms with Gasteiger partial charge in [0.2, 0.25) is 11.5 Å². The lowest BCUT2D eigenvalue weighted by atomic mass is 10.1. The van der Waals surface area contributed by atoms with E-state index in [-0.39, 0.29) is 0 Å². The molecule has 1 aliphatic rings. The van der Waals surface area contributed by atoms with Gasteiger partial charge in [0.25, 0.3) is 5.75 Å². The largest absolute Gasteiger partial charge is 0.504 e. The second kappa shape index (κ2) is 4.40. The molecule has 1 aromatic carbocycles. The van der Waals surface area contributed by atoms with Crippen LogP contribution in [0.5, 0.6) is 28.7 Å². The van der Waals surface area contributed by atoms with E-state index in [9.17, 15) is 36.9 Å². The van der Waals surface area contributed by atoms with Gasteiger partial charge in [0.1, 0.15) is 11.0 Å². The molecule has 0 spiro atoms. The second-order valence-corrected chi connectivity index (χ2v) is 6.58. The van der Waals surface area contributed by atoms with Crippen LogP contribution in [0.3, 0.4) is 0 Å². The third kappa shape index (κ3) is 2.37. The molecule has 0 saturated carbocycles. The molecule has 0 saturated heterocycles. The lowest BCUT2D eigenvalue weighted by molar-refractivity contribution is 0.368. The number of rotatable bonds is 0. The molecule has 14 heteroatoms. The Morgan fingerprint density at radius 1 is 0.870 bits per heavy atom. The van der Waals surface area contributed by atoms with Gasteiger partial charge in [0.05, 0.1) is 0 Å². The summed E-state index contributed by atoms with van der Waals surface area (Å²) < 4.78 is 62.1. The van der Waals surface area contributed by atoms with Gasteiger partial charge >= 0.3 is 26.4 Å². The van der Waals surface area contributed by atoms with E-state index in [4.69, 9.17) is 0 Å². The minimum absolute atomic E-state index is 0.625. The highest BCUT2D eigenvalue weighted by Crippen LogP contribution is 2.48. The van der Waals surface area contributed by atoms with Gasteiger partial charge in [0, 0.05) is 6.07 Å². The SMILES string of the molecule is O=c1oc2cc(O)c(O)c(O)c2c2c1OS(=O)(=O)OS(=O)(=O)O2. The molecule has 0 amide bonds. The van der Waals surface area contributed by atoms with Crippen LogP contribution < -0.4 is 14.0 Å². The van der Waals surface area contributed by atoms with E-state index in [0.717, 1.165) is 0 Å². The molecule has 1 aliphatic heterocycles. The molecule has 12 nitrogen and oxygen atoms in total. The van der Waals surface area contributed by atoms with Crippen LogP contribution in [0.4, 0.5) is 0 Å². The van der Waals surface area contributed by atoms with Crippen LogP contribution >= 0.6 is 0 Å². The Labute approximate surface area is 126 Å². The maximum Gasteiger partial charge on any atom is 0.466 e. The molecule has 2 heterocycles. The van der Waals surface area contributed by atoms with Gasteiger partial charge in [-0.05, 0) is 0 Å². The highest BCUT2D eigenvalue weighted by atomic mass is 32.3. The predicted molar refractivity (Wildman–Crippen MR) is 67.7 cm³/mol. The van der Waals surface area contributed by atoms with Crippen molar-refractivity contribution in [2.75, 3.05) is 0 Å². The minimum atomic E-state index is -5.24. The van der Waals surface area contributed by atoms with Crippen LogP contribution in [0.15, 0.2) is 15.3 Å². The summed E-state index contributed by atoms with van der Waals surface area (Å²) in [5, 5.41) is 27.8. The van der Waals surface area contributed by atoms with E-state index < -0.39 is 66.1 Å². The van der Waals surface area contributed by atoms with E-state index >= 15 is 0 Å². The molecule has 1 aromatic heterocycles. The van der Waals surface area contributed by atoms with Gasteiger partial charge in [0.15, 0.2) is 11.5 Å². The van der Waals surface area contributed by atoms with Gasteiger partial charge in [-0.1, -0.05) is 3.63 Å². The van der Waals surface area contributed by atoms with Gasteiger partial charge in [-0.25, -0.2) is 4.79 Å². The maximum atomic E-state index is 11.7. The van der Waals surface area contributed by atoms with Gasteiger partial charge < -0.3 is 28.1 Å². The van der Waals surface area contributed by atoms with Crippen molar-refractivity contribution in [2.45, 2.75) is 0 Å². The fraction of sp³-hybridized carbons (Fsp3) is 0. The minimum Gasteiger partial charge on any atom is -0.504 e. The summed E-state index contributed by atoms with van der Waals surface area (Å²) in [6, 6.07) is 0.655. The Bertz CT molecular complexity index is 1110. The number of hydrogen-bond acceptors (Lipinski definition) is 12. The molecular weight excluding hydrogens is 364 g/mol. The number of aromatic hydroxyl groups is 3. The first-order valence-corrected chi connectivity index (χ1v) is 8.02. The van der Waals surface area contributed by atoms with E-state index in [1.165, 1.54) is 0 Å². The summed E-state index contributed by atoms with van der Waals surface area (Å²) in [5.41, 5.74) is -2.14. The number of benzene rings is 1. The number of hydrogen-bond donors (Lipinski definition) is 3. The molecule has 23 heavy (non-hydrogen) atoms. The van der Waals surface area contributed by atoms with Crippen LogP contribution in [0, 0.1) is 0 Å². The summed E-state index contributed by atoms with van der Waals surface area (Å²) in [5.74, 6) is -5.54. The second-order valence-electron chi connectivity index (χ2n) is 4.07. The van der Waals surface area contributed by atoms with E-state index in [1.807, 2.05) is 0 Å². The van der Waals surface area contributed by atoms with Gasteiger partial charge in [-0.2, -0.15) is 16.8 Å². The number of phenolic OH excluding ortho intramolecular Hbond substituents is 3. The Kier molecular flexibility index (Phi) is 2.91. The molecule has 0 fully saturated rings. The van der Waals surface area contributed by atoms with Crippen molar-refractivity contribution in [3.05, 3.63) is 16.5 Å². The van der Waals surface area contributed by atoms with E-state index in [2.05, 4.69) is 16.4 Å². The zero-order valence-corrected chi connectivity index (χ0v) is 12.0. The number of phenols is 3. The quantitative estimate of drug-likeness (QED) is 0.388. The molecule has 0 unspecified atom stereocenters. The van der Waals surface area contributed by atoms with Crippen LogP contribution in [0.2, 0.25) is 0 Å². The van der Waals surface area contributed by atoms with E-state index in [1.54, 1.807) is 0 Å². The molecule has 0 aliphatic carbocycles. The van der Waals surface area contributed by atoms with Crippen molar-refractivity contribution >= 4 is 31.8 Å². The molecule has 0 bridgehead atoms. The molecule has 3 rings (SSSR count). The summed E-state index contributed by atoms with van der Waals surface area (Å²) in [6.45, 7) is 0. The molecule has 0 radical (unpaired) electrons. The summed E-state index contributed by atoms with van der Waals surface area (Å²) in [7, 11) is -10.5. The molecule has 2 aromatic rings. The van der Waals surface area contributed by atoms with Gasteiger partial charge in [-0.15, -0.1) is 0 Å². The van der Waals surface area contributed by atoms with Crippen LogP contribution in [-0.2, 0) is 24.4 Å². The van der Waals surface area contributed by atoms with Crippen molar-refractivity contribution in [1.82, 2.24) is 0 Å². The zero-order valence-electron chi connectivity index (χ0n) is 10.4. The lowest BCUT2D eigenvalue weighted by Gasteiger charge is -2.09. The molecule has 3 N–H and O–H groups in total. The third-order valence-electron chi connectivity index (χ3n) is 2.58. The summed E-state index contributed by atoms with van der Waals surface area (Å²) in [6.07, 6.45) is 0. The van der Waals surface area contributed by atoms with Gasteiger partial charge in [-0.3, -0.25) is 0 Å². The number of fused-ring (bicyclic) bond motifs is 3. The van der Waals surface area contributed by atoms with Crippen molar-refractivity contribution < 1.29 is 48.6 Å². The Hall–Kier alpha value is -2.71. The van der Waals surface area contributed by atoms with Crippen molar-refractivity contribution in [2.24, 2.45) is 0 Å². The Balaban J connectivity index is 2.54. The normalized spacial score (nSPS) is 18.4. The van der Waals surface area contributed by atoms with Crippen molar-refractivity contribution in [3.63, 3.8) is 0 Å². The predicted octanol–water partition coefficient (Wildman–Crippen LogP) is -0.813. The molecular formula is C9H4O12S2. The van der Waals surface area contributed by atoms with Crippen LogP contribution in [0.25, 0.3) is 11.0 Å². The monoisotopic (exact) mass is 368 g/mol. The first-order chi connectivity index (χ1) is 10.5. The molecule has 124 valence electrons. The van der Waals surface area contributed by atoms with Crippen LogP contribution in [-0.4, -0.2) is 32.2 Å². The Morgan fingerprint density at radius 2 is 1.43 bits per heavy atom. The summed E-state index contributed by atoms with van der Waals surface area (Å²) in [4.78, 5) is 11.7. The van der Waals surface area contributed by atoms with E-state index in [0.29, 0.717) is 6.07 Å². The average molecular weight is 368 g/mol. The topological polar surface area (TPSA) is 187 Å². The fourth-order valence-corrected chi connectivity index (χ4v) is 3.51. The summed E-state index contributed by atoms with van der Waals surface area (Å²) >= 11 is 0. The highest BCUT2D eigenvalue weighted by Gasteiger charge is 2.38. The smallest absolute Gasteiger partial charge is 0.466 e. The fourth-order valence-electron chi connectivity index (χ4n) is 1.76. The van der Waals surface area contributed by atoms with Crippen molar-refractivity contribution in [1.29, 1.82) is 0 Å². The average Bonchev–Trinajstić information content (AvgIpc) is 2.48. The molecule has 0 atom stereocenters.